The molecule has 122 valence electrons. The molecule has 0 spiro atoms. The van der Waals surface area contributed by atoms with E-state index in [9.17, 15) is 9.18 Å². The number of rotatable bonds is 4. The van der Waals surface area contributed by atoms with Gasteiger partial charge >= 0.3 is 0 Å². The van der Waals surface area contributed by atoms with Crippen LogP contribution < -0.4 is 5.43 Å². The third-order valence-corrected chi connectivity index (χ3v) is 3.76. The van der Waals surface area contributed by atoms with Gasteiger partial charge in [-0.05, 0) is 32.0 Å². The van der Waals surface area contributed by atoms with Gasteiger partial charge in [0.25, 0.3) is 5.91 Å². The lowest BCUT2D eigenvalue weighted by molar-refractivity contribution is -0.121. The van der Waals surface area contributed by atoms with E-state index in [1.165, 1.54) is 6.07 Å². The highest BCUT2D eigenvalue weighted by atomic mass is 19.1. The van der Waals surface area contributed by atoms with Gasteiger partial charge in [0.2, 0.25) is 0 Å². The standard InChI is InChI=1S/C18H17FN4O/c1-12(14-7-3-4-8-15(14)19)21-22-18(24)11-23-13(2)20-16-9-5-6-10-17(16)23/h3-10H,11H2,1-2H3,(H,22,24)/b21-12+. The first-order valence-corrected chi connectivity index (χ1v) is 7.56. The third-order valence-electron chi connectivity index (χ3n) is 3.76. The Morgan fingerprint density at radius 1 is 1.21 bits per heavy atom. The molecule has 3 rings (SSSR count). The summed E-state index contributed by atoms with van der Waals surface area (Å²) in [4.78, 5) is 16.6. The zero-order valence-electron chi connectivity index (χ0n) is 13.5. The number of carbonyl (C=O) groups is 1. The molecule has 0 saturated carbocycles. The van der Waals surface area contributed by atoms with Crippen molar-refractivity contribution in [2.45, 2.75) is 20.4 Å². The van der Waals surface area contributed by atoms with E-state index in [0.717, 1.165) is 16.9 Å². The quantitative estimate of drug-likeness (QED) is 0.592. The molecule has 0 radical (unpaired) electrons. The molecule has 24 heavy (non-hydrogen) atoms. The molecular weight excluding hydrogens is 307 g/mol. The number of nitrogens with zero attached hydrogens (tertiary/aromatic N) is 3. The lowest BCUT2D eigenvalue weighted by Gasteiger charge is -2.07. The highest BCUT2D eigenvalue weighted by molar-refractivity contribution is 5.99. The number of carbonyl (C=O) groups excluding carboxylic acids is 1. The summed E-state index contributed by atoms with van der Waals surface area (Å²) in [7, 11) is 0. The van der Waals surface area contributed by atoms with Crippen molar-refractivity contribution in [3.63, 3.8) is 0 Å². The first-order valence-electron chi connectivity index (χ1n) is 7.56. The summed E-state index contributed by atoms with van der Waals surface area (Å²) in [5.41, 5.74) is 4.98. The van der Waals surface area contributed by atoms with Gasteiger partial charge in [0.1, 0.15) is 18.2 Å². The molecule has 1 heterocycles. The number of amides is 1. The van der Waals surface area contributed by atoms with Gasteiger partial charge in [-0.25, -0.2) is 14.8 Å². The lowest BCUT2D eigenvalue weighted by atomic mass is 10.1. The van der Waals surface area contributed by atoms with Crippen molar-refractivity contribution in [1.29, 1.82) is 0 Å². The molecule has 1 N–H and O–H groups in total. The molecule has 2 aromatic carbocycles. The summed E-state index contributed by atoms with van der Waals surface area (Å²) >= 11 is 0. The molecule has 5 nitrogen and oxygen atoms in total. The van der Waals surface area contributed by atoms with Gasteiger partial charge in [-0.2, -0.15) is 5.10 Å². The molecule has 0 aliphatic rings. The second-order valence-corrected chi connectivity index (χ2v) is 5.45. The Balaban J connectivity index is 1.75. The van der Waals surface area contributed by atoms with Crippen LogP contribution in [0.3, 0.4) is 0 Å². The number of hydrogen-bond acceptors (Lipinski definition) is 3. The normalized spacial score (nSPS) is 11.7. The molecule has 0 fully saturated rings. The first kappa shape index (κ1) is 15.9. The molecule has 0 aliphatic heterocycles. The van der Waals surface area contributed by atoms with Crippen molar-refractivity contribution in [3.05, 3.63) is 65.7 Å². The van der Waals surface area contributed by atoms with Crippen molar-refractivity contribution >= 4 is 22.7 Å². The van der Waals surface area contributed by atoms with Gasteiger partial charge in [-0.3, -0.25) is 4.79 Å². The van der Waals surface area contributed by atoms with E-state index >= 15 is 0 Å². The number of fused-ring (bicyclic) bond motifs is 1. The average Bonchev–Trinajstić information content (AvgIpc) is 2.89. The number of hydrazone groups is 1. The van der Waals surface area contributed by atoms with Crippen molar-refractivity contribution in [3.8, 4) is 0 Å². The summed E-state index contributed by atoms with van der Waals surface area (Å²) in [5, 5.41) is 3.99. The molecule has 1 amide bonds. The fourth-order valence-electron chi connectivity index (χ4n) is 2.54. The Morgan fingerprint density at radius 3 is 2.71 bits per heavy atom. The number of aromatic nitrogens is 2. The minimum Gasteiger partial charge on any atom is -0.319 e. The van der Waals surface area contributed by atoms with Gasteiger partial charge in [0.15, 0.2) is 0 Å². The average molecular weight is 324 g/mol. The highest BCUT2D eigenvalue weighted by Crippen LogP contribution is 2.15. The second kappa shape index (κ2) is 6.62. The number of aryl methyl sites for hydroxylation is 1. The molecule has 0 aliphatic carbocycles. The summed E-state index contributed by atoms with van der Waals surface area (Å²) in [6, 6.07) is 13.9. The lowest BCUT2D eigenvalue weighted by Crippen LogP contribution is -2.24. The van der Waals surface area contributed by atoms with E-state index in [-0.39, 0.29) is 18.3 Å². The highest BCUT2D eigenvalue weighted by Gasteiger charge is 2.11. The number of para-hydroxylation sites is 2. The number of benzene rings is 2. The number of hydrogen-bond donors (Lipinski definition) is 1. The van der Waals surface area contributed by atoms with Gasteiger partial charge in [-0.1, -0.05) is 30.3 Å². The van der Waals surface area contributed by atoms with E-state index in [4.69, 9.17) is 0 Å². The summed E-state index contributed by atoms with van der Waals surface area (Å²) in [6.07, 6.45) is 0. The molecule has 6 heteroatoms. The summed E-state index contributed by atoms with van der Waals surface area (Å²) < 4.78 is 15.5. The molecule has 0 unspecified atom stereocenters. The van der Waals surface area contributed by atoms with Crippen LogP contribution in [0.25, 0.3) is 11.0 Å². The molecule has 0 atom stereocenters. The van der Waals surface area contributed by atoms with E-state index in [0.29, 0.717) is 11.3 Å². The van der Waals surface area contributed by atoms with Crippen LogP contribution in [0.15, 0.2) is 53.6 Å². The van der Waals surface area contributed by atoms with Crippen molar-refractivity contribution in [2.75, 3.05) is 0 Å². The summed E-state index contributed by atoms with van der Waals surface area (Å²) in [5.74, 6) is 0.0857. The molecule has 1 aromatic heterocycles. The van der Waals surface area contributed by atoms with E-state index in [2.05, 4.69) is 15.5 Å². The zero-order valence-corrected chi connectivity index (χ0v) is 13.5. The van der Waals surface area contributed by atoms with Crippen LogP contribution in [-0.2, 0) is 11.3 Å². The van der Waals surface area contributed by atoms with Crippen LogP contribution in [0.1, 0.15) is 18.3 Å². The Kier molecular flexibility index (Phi) is 4.37. The summed E-state index contributed by atoms with van der Waals surface area (Å²) in [6.45, 7) is 3.60. The van der Waals surface area contributed by atoms with Crippen LogP contribution in [0.5, 0.6) is 0 Å². The minimum atomic E-state index is -0.371. The van der Waals surface area contributed by atoms with E-state index < -0.39 is 0 Å². The van der Waals surface area contributed by atoms with Crippen LogP contribution in [0, 0.1) is 12.7 Å². The minimum absolute atomic E-state index is 0.0976. The van der Waals surface area contributed by atoms with E-state index in [1.807, 2.05) is 35.8 Å². The first-order chi connectivity index (χ1) is 11.6. The van der Waals surface area contributed by atoms with Crippen LogP contribution in [-0.4, -0.2) is 21.2 Å². The monoisotopic (exact) mass is 324 g/mol. The van der Waals surface area contributed by atoms with Crippen molar-refractivity contribution in [2.24, 2.45) is 5.10 Å². The maximum atomic E-state index is 13.7. The molecule has 0 bridgehead atoms. The fourth-order valence-corrected chi connectivity index (χ4v) is 2.54. The number of imidazole rings is 1. The predicted octanol–water partition coefficient (Wildman–Crippen LogP) is 3.02. The Labute approximate surface area is 138 Å². The smallest absolute Gasteiger partial charge is 0.260 e. The van der Waals surface area contributed by atoms with Gasteiger partial charge in [0, 0.05) is 5.56 Å². The Bertz CT molecular complexity index is 930. The van der Waals surface area contributed by atoms with Crippen LogP contribution in [0.2, 0.25) is 0 Å². The van der Waals surface area contributed by atoms with E-state index in [1.54, 1.807) is 25.1 Å². The molecule has 0 saturated heterocycles. The Morgan fingerprint density at radius 2 is 1.92 bits per heavy atom. The zero-order chi connectivity index (χ0) is 17.1. The van der Waals surface area contributed by atoms with Crippen LogP contribution >= 0.6 is 0 Å². The predicted molar refractivity (Wildman–Crippen MR) is 91.2 cm³/mol. The fraction of sp³-hybridized carbons (Fsp3) is 0.167. The van der Waals surface area contributed by atoms with Gasteiger partial charge < -0.3 is 4.57 Å². The molecular formula is C18H17FN4O. The number of nitrogens with one attached hydrogen (secondary N) is 1. The number of halogens is 1. The largest absolute Gasteiger partial charge is 0.319 e. The third kappa shape index (κ3) is 3.17. The van der Waals surface area contributed by atoms with Crippen LogP contribution in [0.4, 0.5) is 4.39 Å². The van der Waals surface area contributed by atoms with Gasteiger partial charge in [-0.15, -0.1) is 0 Å². The Hall–Kier alpha value is -3.02. The van der Waals surface area contributed by atoms with Crippen molar-refractivity contribution < 1.29 is 9.18 Å². The topological polar surface area (TPSA) is 59.3 Å². The van der Waals surface area contributed by atoms with Crippen molar-refractivity contribution in [1.82, 2.24) is 15.0 Å². The second-order valence-electron chi connectivity index (χ2n) is 5.45. The SMILES string of the molecule is C/C(=N\NC(=O)Cn1c(C)nc2ccccc21)c1ccccc1F. The molecule has 3 aromatic rings. The maximum Gasteiger partial charge on any atom is 0.260 e. The maximum absolute atomic E-state index is 13.7. The van der Waals surface area contributed by atoms with Gasteiger partial charge in [0.05, 0.1) is 16.7 Å².